The van der Waals surface area contributed by atoms with Gasteiger partial charge in [-0.2, -0.15) is 0 Å². The van der Waals surface area contributed by atoms with Crippen molar-refractivity contribution in [2.24, 2.45) is 23.7 Å². The smallest absolute Gasteiger partial charge is 0.0175 e. The summed E-state index contributed by atoms with van der Waals surface area (Å²) in [5, 5.41) is 0. The van der Waals surface area contributed by atoms with Crippen molar-refractivity contribution in [3.63, 3.8) is 0 Å². The van der Waals surface area contributed by atoms with Crippen LogP contribution in [0.3, 0.4) is 0 Å². The maximum absolute atomic E-state index is 4.15. The summed E-state index contributed by atoms with van der Waals surface area (Å²) in [6, 6.07) is 0. The Hall–Kier alpha value is -0.260. The van der Waals surface area contributed by atoms with Gasteiger partial charge < -0.3 is 0 Å². The highest BCUT2D eigenvalue weighted by atomic mass is 14.4. The molecule has 0 aromatic heterocycles. The first kappa shape index (κ1) is 10.8. The number of allylic oxidation sites excluding steroid dienone is 1. The Labute approximate surface area is 83.4 Å². The molecule has 1 aliphatic carbocycles. The maximum atomic E-state index is 4.15. The van der Waals surface area contributed by atoms with Crippen LogP contribution >= 0.6 is 0 Å². The molecule has 0 aromatic carbocycles. The third kappa shape index (κ3) is 2.59. The lowest BCUT2D eigenvalue weighted by Gasteiger charge is -2.37. The van der Waals surface area contributed by atoms with E-state index in [4.69, 9.17) is 0 Å². The zero-order valence-electron chi connectivity index (χ0n) is 9.64. The van der Waals surface area contributed by atoms with Crippen molar-refractivity contribution in [3.05, 3.63) is 12.2 Å². The molecule has 1 saturated carbocycles. The monoisotopic (exact) mass is 180 g/mol. The second kappa shape index (κ2) is 4.30. The molecule has 13 heavy (non-hydrogen) atoms. The van der Waals surface area contributed by atoms with Gasteiger partial charge in [0.05, 0.1) is 0 Å². The van der Waals surface area contributed by atoms with E-state index in [-0.39, 0.29) is 0 Å². The van der Waals surface area contributed by atoms with Gasteiger partial charge in [-0.05, 0) is 43.4 Å². The minimum absolute atomic E-state index is 0.795. The normalized spacial score (nSPS) is 35.0. The van der Waals surface area contributed by atoms with Crippen LogP contribution in [0, 0.1) is 23.7 Å². The fourth-order valence-corrected chi connectivity index (χ4v) is 2.77. The first-order valence-corrected chi connectivity index (χ1v) is 5.67. The molecule has 76 valence electrons. The van der Waals surface area contributed by atoms with Crippen molar-refractivity contribution in [3.8, 4) is 0 Å². The third-order valence-corrected chi connectivity index (χ3v) is 3.66. The summed E-state index contributed by atoms with van der Waals surface area (Å²) in [5.74, 6) is 3.43. The van der Waals surface area contributed by atoms with Crippen molar-refractivity contribution < 1.29 is 0 Å². The Morgan fingerprint density at radius 2 is 1.92 bits per heavy atom. The molecule has 0 nitrogen and oxygen atoms in total. The average molecular weight is 180 g/mol. The van der Waals surface area contributed by atoms with Crippen molar-refractivity contribution in [1.82, 2.24) is 0 Å². The molecule has 1 fully saturated rings. The molecule has 0 amide bonds. The first-order valence-electron chi connectivity index (χ1n) is 5.67. The summed E-state index contributed by atoms with van der Waals surface area (Å²) < 4.78 is 0. The van der Waals surface area contributed by atoms with E-state index in [2.05, 4.69) is 34.3 Å². The molecule has 3 atom stereocenters. The van der Waals surface area contributed by atoms with E-state index < -0.39 is 0 Å². The molecule has 1 rings (SSSR count). The lowest BCUT2D eigenvalue weighted by Crippen LogP contribution is -2.28. The van der Waals surface area contributed by atoms with Gasteiger partial charge in [0.2, 0.25) is 0 Å². The third-order valence-electron chi connectivity index (χ3n) is 3.66. The van der Waals surface area contributed by atoms with Crippen LogP contribution in [0.1, 0.15) is 47.0 Å². The predicted molar refractivity (Wildman–Crippen MR) is 59.6 cm³/mol. The lowest BCUT2D eigenvalue weighted by atomic mass is 9.68. The highest BCUT2D eigenvalue weighted by Gasteiger charge is 2.30. The van der Waals surface area contributed by atoms with Gasteiger partial charge in [0.25, 0.3) is 0 Å². The Balaban J connectivity index is 2.66. The lowest BCUT2D eigenvalue weighted by molar-refractivity contribution is 0.170. The van der Waals surface area contributed by atoms with E-state index >= 15 is 0 Å². The van der Waals surface area contributed by atoms with Crippen LogP contribution in [0.5, 0.6) is 0 Å². The molecule has 0 heteroatoms. The van der Waals surface area contributed by atoms with Gasteiger partial charge in [-0.1, -0.05) is 39.3 Å². The van der Waals surface area contributed by atoms with Crippen LogP contribution in [0.25, 0.3) is 0 Å². The molecule has 2 unspecified atom stereocenters. The minimum atomic E-state index is 0.795. The predicted octanol–water partition coefficient (Wildman–Crippen LogP) is 4.27. The molecule has 0 aliphatic heterocycles. The Morgan fingerprint density at radius 1 is 1.31 bits per heavy atom. The van der Waals surface area contributed by atoms with Gasteiger partial charge >= 0.3 is 0 Å². The van der Waals surface area contributed by atoms with Crippen LogP contribution < -0.4 is 0 Å². The van der Waals surface area contributed by atoms with E-state index in [1.807, 2.05) is 0 Å². The molecule has 0 bridgehead atoms. The van der Waals surface area contributed by atoms with E-state index in [1.54, 1.807) is 0 Å². The summed E-state index contributed by atoms with van der Waals surface area (Å²) >= 11 is 0. The highest BCUT2D eigenvalue weighted by molar-refractivity contribution is 5.01. The van der Waals surface area contributed by atoms with E-state index in [9.17, 15) is 0 Å². The van der Waals surface area contributed by atoms with E-state index in [0.29, 0.717) is 0 Å². The number of rotatable bonds is 2. The Morgan fingerprint density at radius 3 is 2.38 bits per heavy atom. The van der Waals surface area contributed by atoms with Gasteiger partial charge in [-0.3, -0.25) is 0 Å². The molecule has 0 radical (unpaired) electrons. The Kier molecular flexibility index (Phi) is 3.58. The molecule has 0 aromatic rings. The second-order valence-electron chi connectivity index (χ2n) is 5.28. The highest BCUT2D eigenvalue weighted by Crippen LogP contribution is 2.40. The van der Waals surface area contributed by atoms with E-state index in [1.165, 1.54) is 24.8 Å². The molecule has 0 spiro atoms. The van der Waals surface area contributed by atoms with Crippen LogP contribution in [0.4, 0.5) is 0 Å². The summed E-state index contributed by atoms with van der Waals surface area (Å²) in [6.07, 6.45) is 4.21. The fraction of sp³-hybridized carbons (Fsp3) is 0.846. The van der Waals surface area contributed by atoms with Crippen LogP contribution in [-0.2, 0) is 0 Å². The van der Waals surface area contributed by atoms with Crippen LogP contribution in [-0.4, -0.2) is 0 Å². The number of hydrogen-bond donors (Lipinski definition) is 0. The minimum Gasteiger partial charge on any atom is -0.0999 e. The molecule has 0 heterocycles. The molecule has 0 saturated heterocycles. The topological polar surface area (TPSA) is 0 Å². The van der Waals surface area contributed by atoms with Crippen molar-refractivity contribution in [2.45, 2.75) is 47.0 Å². The van der Waals surface area contributed by atoms with Gasteiger partial charge in [0, 0.05) is 0 Å². The van der Waals surface area contributed by atoms with Crippen LogP contribution in [0.2, 0.25) is 0 Å². The Bertz CT molecular complexity index is 178. The molecule has 1 aliphatic rings. The van der Waals surface area contributed by atoms with Crippen LogP contribution in [0.15, 0.2) is 12.2 Å². The maximum Gasteiger partial charge on any atom is -0.0175 e. The van der Waals surface area contributed by atoms with Crippen molar-refractivity contribution in [1.29, 1.82) is 0 Å². The standard InChI is InChI=1S/C13H24/c1-9(2)12-7-6-11(5)8-13(12)10(3)4/h9,11-13H,3,6-8H2,1-2,4-5H3/t11?,12-,13?/m0/s1. The van der Waals surface area contributed by atoms with Gasteiger partial charge in [0.15, 0.2) is 0 Å². The summed E-state index contributed by atoms with van der Waals surface area (Å²) in [4.78, 5) is 0. The molecular formula is C13H24. The van der Waals surface area contributed by atoms with Gasteiger partial charge in [-0.25, -0.2) is 0 Å². The first-order chi connectivity index (χ1) is 6.02. The van der Waals surface area contributed by atoms with Crippen molar-refractivity contribution >= 4 is 0 Å². The van der Waals surface area contributed by atoms with Crippen molar-refractivity contribution in [2.75, 3.05) is 0 Å². The molecule has 0 N–H and O–H groups in total. The van der Waals surface area contributed by atoms with Gasteiger partial charge in [-0.15, -0.1) is 0 Å². The fourth-order valence-electron chi connectivity index (χ4n) is 2.77. The summed E-state index contributed by atoms with van der Waals surface area (Å²) in [6.45, 7) is 13.4. The zero-order valence-corrected chi connectivity index (χ0v) is 9.64. The summed E-state index contributed by atoms with van der Waals surface area (Å²) in [5.41, 5.74) is 1.41. The zero-order chi connectivity index (χ0) is 10.0. The SMILES string of the molecule is C=C(C)C1CC(C)CC[C@H]1C(C)C. The average Bonchev–Trinajstić information content (AvgIpc) is 2.03. The quantitative estimate of drug-likeness (QED) is 0.557. The van der Waals surface area contributed by atoms with Gasteiger partial charge in [0.1, 0.15) is 0 Å². The second-order valence-corrected chi connectivity index (χ2v) is 5.28. The molecular weight excluding hydrogens is 156 g/mol. The largest absolute Gasteiger partial charge is 0.0999 e. The van der Waals surface area contributed by atoms with E-state index in [0.717, 1.165) is 23.7 Å². The summed E-state index contributed by atoms with van der Waals surface area (Å²) in [7, 11) is 0. The number of hydrogen-bond acceptors (Lipinski definition) is 0.